The molecule has 25 heavy (non-hydrogen) atoms. The average molecular weight is 338 g/mol. The van der Waals surface area contributed by atoms with Crippen LogP contribution >= 0.6 is 0 Å². The summed E-state index contributed by atoms with van der Waals surface area (Å²) in [6.07, 6.45) is 1.52. The molecule has 0 radical (unpaired) electrons. The van der Waals surface area contributed by atoms with E-state index in [1.54, 1.807) is 7.11 Å². The van der Waals surface area contributed by atoms with Crippen molar-refractivity contribution < 1.29 is 9.53 Å². The van der Waals surface area contributed by atoms with Gasteiger partial charge < -0.3 is 15.4 Å². The van der Waals surface area contributed by atoms with E-state index in [4.69, 9.17) is 4.74 Å². The maximum Gasteiger partial charge on any atom is 0.220 e. The smallest absolute Gasteiger partial charge is 0.220 e. The van der Waals surface area contributed by atoms with E-state index in [1.165, 1.54) is 11.1 Å². The Labute approximate surface area is 149 Å². The molecule has 4 heteroatoms. The van der Waals surface area contributed by atoms with Gasteiger partial charge in [-0.25, -0.2) is 0 Å². The standard InChI is InChI=1S/C21H26N2O2/c1-15(17-7-5-8-18(13-17)25-2)12-21(24)23-14-20-19-9-4-3-6-16(19)10-11-22-20/h3-9,13,15,20,22H,10-12,14H2,1-2H3,(H,23,24). The van der Waals surface area contributed by atoms with Crippen LogP contribution in [0.25, 0.3) is 0 Å². The molecule has 2 N–H and O–H groups in total. The van der Waals surface area contributed by atoms with Gasteiger partial charge in [-0.3, -0.25) is 4.79 Å². The van der Waals surface area contributed by atoms with Crippen molar-refractivity contribution in [2.24, 2.45) is 0 Å². The van der Waals surface area contributed by atoms with Crippen molar-refractivity contribution in [3.05, 3.63) is 65.2 Å². The number of carbonyl (C=O) groups excluding carboxylic acids is 1. The molecule has 0 bridgehead atoms. The molecule has 0 aliphatic carbocycles. The Kier molecular flexibility index (Phi) is 5.71. The van der Waals surface area contributed by atoms with Gasteiger partial charge in [0.1, 0.15) is 5.75 Å². The van der Waals surface area contributed by atoms with E-state index in [2.05, 4.69) is 41.8 Å². The average Bonchev–Trinajstić information content (AvgIpc) is 2.66. The lowest BCUT2D eigenvalue weighted by atomic mass is 9.94. The first kappa shape index (κ1) is 17.5. The molecule has 3 rings (SSSR count). The van der Waals surface area contributed by atoms with Crippen LogP contribution in [0.3, 0.4) is 0 Å². The minimum atomic E-state index is 0.0835. The van der Waals surface area contributed by atoms with Gasteiger partial charge in [0.05, 0.1) is 7.11 Å². The largest absolute Gasteiger partial charge is 0.497 e. The summed E-state index contributed by atoms with van der Waals surface area (Å²) >= 11 is 0. The molecule has 132 valence electrons. The summed E-state index contributed by atoms with van der Waals surface area (Å²) < 4.78 is 5.26. The fraction of sp³-hybridized carbons (Fsp3) is 0.381. The number of carbonyl (C=O) groups is 1. The molecule has 0 fully saturated rings. The van der Waals surface area contributed by atoms with Gasteiger partial charge in [0.15, 0.2) is 0 Å². The summed E-state index contributed by atoms with van der Waals surface area (Å²) in [5.41, 5.74) is 3.80. The van der Waals surface area contributed by atoms with Gasteiger partial charge in [0, 0.05) is 19.0 Å². The minimum absolute atomic E-state index is 0.0835. The summed E-state index contributed by atoms with van der Waals surface area (Å²) in [5, 5.41) is 6.59. The van der Waals surface area contributed by atoms with Crippen molar-refractivity contribution in [3.63, 3.8) is 0 Å². The summed E-state index contributed by atoms with van der Waals surface area (Å²) in [6, 6.07) is 16.6. The first-order chi connectivity index (χ1) is 12.2. The van der Waals surface area contributed by atoms with E-state index in [9.17, 15) is 4.79 Å². The molecule has 0 spiro atoms. The highest BCUT2D eigenvalue weighted by Crippen LogP contribution is 2.24. The monoisotopic (exact) mass is 338 g/mol. The first-order valence-corrected chi connectivity index (χ1v) is 8.89. The number of benzene rings is 2. The van der Waals surface area contributed by atoms with Crippen LogP contribution in [0, 0.1) is 0 Å². The van der Waals surface area contributed by atoms with Crippen molar-refractivity contribution in [3.8, 4) is 5.75 Å². The Morgan fingerprint density at radius 2 is 2.12 bits per heavy atom. The number of hydrogen-bond donors (Lipinski definition) is 2. The molecule has 1 heterocycles. The maximum absolute atomic E-state index is 12.4. The van der Waals surface area contributed by atoms with Crippen LogP contribution in [-0.2, 0) is 11.2 Å². The third-order valence-electron chi connectivity index (χ3n) is 4.87. The summed E-state index contributed by atoms with van der Waals surface area (Å²) in [7, 11) is 1.66. The zero-order valence-corrected chi connectivity index (χ0v) is 14.9. The van der Waals surface area contributed by atoms with Crippen LogP contribution in [-0.4, -0.2) is 26.1 Å². The molecule has 2 aromatic carbocycles. The summed E-state index contributed by atoms with van der Waals surface area (Å²) in [6.45, 7) is 3.65. The van der Waals surface area contributed by atoms with E-state index in [1.807, 2.05) is 24.3 Å². The Bertz CT molecular complexity index is 729. The minimum Gasteiger partial charge on any atom is -0.497 e. The number of rotatable bonds is 6. The SMILES string of the molecule is COc1cccc(C(C)CC(=O)NCC2NCCc3ccccc32)c1. The zero-order valence-electron chi connectivity index (χ0n) is 14.9. The van der Waals surface area contributed by atoms with Gasteiger partial charge in [-0.15, -0.1) is 0 Å². The normalized spacial score (nSPS) is 17.4. The van der Waals surface area contributed by atoms with E-state index in [0.29, 0.717) is 13.0 Å². The molecular formula is C21H26N2O2. The summed E-state index contributed by atoms with van der Waals surface area (Å²) in [5.74, 6) is 1.06. The highest BCUT2D eigenvalue weighted by Gasteiger charge is 2.20. The molecule has 2 unspecified atom stereocenters. The molecular weight excluding hydrogens is 312 g/mol. The zero-order chi connectivity index (χ0) is 17.6. The Morgan fingerprint density at radius 3 is 2.96 bits per heavy atom. The molecule has 1 aliphatic rings. The second kappa shape index (κ2) is 8.17. The molecule has 1 amide bonds. The van der Waals surface area contributed by atoms with Crippen LogP contribution in [0.15, 0.2) is 48.5 Å². The molecule has 2 aromatic rings. The second-order valence-corrected chi connectivity index (χ2v) is 6.64. The molecule has 4 nitrogen and oxygen atoms in total. The Morgan fingerprint density at radius 1 is 1.28 bits per heavy atom. The van der Waals surface area contributed by atoms with Gasteiger partial charge >= 0.3 is 0 Å². The molecule has 1 aliphatic heterocycles. The molecule has 0 saturated carbocycles. The predicted molar refractivity (Wildman–Crippen MR) is 99.9 cm³/mol. The van der Waals surface area contributed by atoms with Crippen molar-refractivity contribution in [1.29, 1.82) is 0 Å². The lowest BCUT2D eigenvalue weighted by Gasteiger charge is -2.27. The molecule has 0 aromatic heterocycles. The number of hydrogen-bond acceptors (Lipinski definition) is 3. The number of nitrogens with one attached hydrogen (secondary N) is 2. The van der Waals surface area contributed by atoms with Gasteiger partial charge in [-0.2, -0.15) is 0 Å². The number of amides is 1. The molecule has 0 saturated heterocycles. The highest BCUT2D eigenvalue weighted by atomic mass is 16.5. The van der Waals surface area contributed by atoms with Crippen LogP contribution in [0.2, 0.25) is 0 Å². The Hall–Kier alpha value is -2.33. The fourth-order valence-corrected chi connectivity index (χ4v) is 3.41. The summed E-state index contributed by atoms with van der Waals surface area (Å²) in [4.78, 5) is 12.4. The van der Waals surface area contributed by atoms with Crippen molar-refractivity contribution in [1.82, 2.24) is 10.6 Å². The van der Waals surface area contributed by atoms with Crippen molar-refractivity contribution in [2.75, 3.05) is 20.2 Å². The number of ether oxygens (including phenoxy) is 1. The van der Waals surface area contributed by atoms with Crippen LogP contribution in [0.4, 0.5) is 0 Å². The van der Waals surface area contributed by atoms with Gasteiger partial charge in [-0.05, 0) is 47.7 Å². The van der Waals surface area contributed by atoms with Gasteiger partial charge in [-0.1, -0.05) is 43.3 Å². The third-order valence-corrected chi connectivity index (χ3v) is 4.87. The van der Waals surface area contributed by atoms with Crippen LogP contribution in [0.1, 0.15) is 42.0 Å². The van der Waals surface area contributed by atoms with E-state index in [-0.39, 0.29) is 17.9 Å². The molecule has 2 atom stereocenters. The van der Waals surface area contributed by atoms with E-state index < -0.39 is 0 Å². The van der Waals surface area contributed by atoms with Gasteiger partial charge in [0.2, 0.25) is 5.91 Å². The first-order valence-electron chi connectivity index (χ1n) is 8.89. The highest BCUT2D eigenvalue weighted by molar-refractivity contribution is 5.77. The number of methoxy groups -OCH3 is 1. The van der Waals surface area contributed by atoms with Crippen molar-refractivity contribution in [2.45, 2.75) is 31.7 Å². The number of fused-ring (bicyclic) bond motifs is 1. The predicted octanol–water partition coefficient (Wildman–Crippen LogP) is 3.19. The van der Waals surface area contributed by atoms with E-state index in [0.717, 1.165) is 24.3 Å². The topological polar surface area (TPSA) is 50.4 Å². The van der Waals surface area contributed by atoms with Crippen molar-refractivity contribution >= 4 is 5.91 Å². The fourth-order valence-electron chi connectivity index (χ4n) is 3.41. The third kappa shape index (κ3) is 4.40. The second-order valence-electron chi connectivity index (χ2n) is 6.64. The van der Waals surface area contributed by atoms with Crippen LogP contribution in [0.5, 0.6) is 5.75 Å². The van der Waals surface area contributed by atoms with Crippen LogP contribution < -0.4 is 15.4 Å². The lowest BCUT2D eigenvalue weighted by molar-refractivity contribution is -0.121. The Balaban J connectivity index is 1.55. The van der Waals surface area contributed by atoms with Gasteiger partial charge in [0.25, 0.3) is 0 Å². The van der Waals surface area contributed by atoms with E-state index >= 15 is 0 Å². The quantitative estimate of drug-likeness (QED) is 0.850. The lowest BCUT2D eigenvalue weighted by Crippen LogP contribution is -2.39. The maximum atomic E-state index is 12.4.